The Morgan fingerprint density at radius 1 is 1.06 bits per heavy atom. The molecule has 2 aliphatic rings. The number of fused-ring (bicyclic) bond motifs is 1. The SMILES string of the molecule is COc1ncc(-c2cc(CN3CCC(F)(F)CC3)c3c(N)ncnn23)cc1C(=O)N[C@@H]1CN(C(=O)c2c(F)cc(F)cc2F)C[C@@H]1F. The van der Waals surface area contributed by atoms with Crippen LogP contribution in [-0.4, -0.2) is 92.6 Å². The number of halogens is 6. The summed E-state index contributed by atoms with van der Waals surface area (Å²) in [6.07, 6.45) is 0.305. The minimum Gasteiger partial charge on any atom is -0.480 e. The molecule has 2 amide bonds. The van der Waals surface area contributed by atoms with Crippen molar-refractivity contribution < 1.29 is 40.7 Å². The van der Waals surface area contributed by atoms with Crippen LogP contribution in [-0.2, 0) is 6.54 Å². The van der Waals surface area contributed by atoms with Crippen LogP contribution in [0.15, 0.2) is 36.8 Å². The zero-order valence-corrected chi connectivity index (χ0v) is 24.8. The van der Waals surface area contributed by atoms with Gasteiger partial charge in [-0.15, -0.1) is 0 Å². The van der Waals surface area contributed by atoms with Crippen LogP contribution in [0.1, 0.15) is 39.1 Å². The second-order valence-corrected chi connectivity index (χ2v) is 11.4. The number of hydrogen-bond acceptors (Lipinski definition) is 8. The molecule has 47 heavy (non-hydrogen) atoms. The molecule has 248 valence electrons. The summed E-state index contributed by atoms with van der Waals surface area (Å²) < 4.78 is 91.0. The van der Waals surface area contributed by atoms with Gasteiger partial charge in [-0.25, -0.2) is 40.8 Å². The van der Waals surface area contributed by atoms with Crippen LogP contribution >= 0.6 is 0 Å². The Kier molecular flexibility index (Phi) is 8.42. The van der Waals surface area contributed by atoms with E-state index in [1.165, 1.54) is 30.2 Å². The Balaban J connectivity index is 1.25. The highest BCUT2D eigenvalue weighted by Gasteiger charge is 2.39. The molecule has 2 saturated heterocycles. The number of rotatable bonds is 7. The largest absolute Gasteiger partial charge is 0.480 e. The lowest BCUT2D eigenvalue weighted by Gasteiger charge is -2.31. The number of anilines is 1. The number of methoxy groups -OCH3 is 1. The van der Waals surface area contributed by atoms with Gasteiger partial charge < -0.3 is 20.7 Å². The van der Waals surface area contributed by atoms with Crippen LogP contribution in [0.3, 0.4) is 0 Å². The summed E-state index contributed by atoms with van der Waals surface area (Å²) in [5.74, 6) is -8.78. The molecule has 1 aromatic carbocycles. The van der Waals surface area contributed by atoms with Gasteiger partial charge in [0, 0.05) is 62.9 Å². The summed E-state index contributed by atoms with van der Waals surface area (Å²) in [5.41, 5.74) is 6.98. The van der Waals surface area contributed by atoms with Crippen molar-refractivity contribution in [3.63, 3.8) is 0 Å². The predicted octanol–water partition coefficient (Wildman–Crippen LogP) is 3.62. The van der Waals surface area contributed by atoms with Crippen molar-refractivity contribution in [3.8, 4) is 17.1 Å². The van der Waals surface area contributed by atoms with E-state index >= 15 is 4.39 Å². The molecule has 11 nitrogen and oxygen atoms in total. The summed E-state index contributed by atoms with van der Waals surface area (Å²) in [7, 11) is 1.28. The number of pyridine rings is 1. The summed E-state index contributed by atoms with van der Waals surface area (Å²) in [4.78, 5) is 37.2. The summed E-state index contributed by atoms with van der Waals surface area (Å²) in [6.45, 7) is -0.369. The van der Waals surface area contributed by atoms with Crippen molar-refractivity contribution in [1.82, 2.24) is 34.7 Å². The van der Waals surface area contributed by atoms with Gasteiger partial charge in [0.05, 0.1) is 25.4 Å². The number of alkyl halides is 3. The highest BCUT2D eigenvalue weighted by atomic mass is 19.3. The smallest absolute Gasteiger partial charge is 0.260 e. The van der Waals surface area contributed by atoms with Crippen molar-refractivity contribution in [3.05, 3.63) is 70.9 Å². The molecule has 17 heteroatoms. The summed E-state index contributed by atoms with van der Waals surface area (Å²) in [5, 5.41) is 6.79. The lowest BCUT2D eigenvalue weighted by molar-refractivity contribution is -0.0565. The van der Waals surface area contributed by atoms with E-state index in [2.05, 4.69) is 20.4 Å². The summed E-state index contributed by atoms with van der Waals surface area (Å²) >= 11 is 0. The Labute approximate surface area is 263 Å². The average Bonchev–Trinajstić information content (AvgIpc) is 3.58. The fourth-order valence-electron chi connectivity index (χ4n) is 5.88. The first-order valence-corrected chi connectivity index (χ1v) is 14.5. The van der Waals surface area contributed by atoms with Gasteiger partial charge in [0.2, 0.25) is 5.88 Å². The zero-order chi connectivity index (χ0) is 33.6. The van der Waals surface area contributed by atoms with Gasteiger partial charge in [-0.05, 0) is 17.7 Å². The minimum atomic E-state index is -2.72. The van der Waals surface area contributed by atoms with E-state index < -0.39 is 66.1 Å². The van der Waals surface area contributed by atoms with Crippen LogP contribution in [0, 0.1) is 17.5 Å². The number of likely N-dealkylation sites (tertiary alicyclic amines) is 2. The van der Waals surface area contributed by atoms with E-state index in [0.29, 0.717) is 34.5 Å². The van der Waals surface area contributed by atoms with Crippen LogP contribution in [0.4, 0.5) is 32.2 Å². The summed E-state index contributed by atoms with van der Waals surface area (Å²) in [6, 6.07) is 2.59. The molecule has 2 aliphatic heterocycles. The maximum atomic E-state index is 15.1. The number of nitrogen functional groups attached to an aromatic ring is 1. The number of ether oxygens (including phenoxy) is 1. The number of nitrogens with two attached hydrogens (primary N) is 1. The lowest BCUT2D eigenvalue weighted by atomic mass is 10.1. The molecule has 5 heterocycles. The Hall–Kier alpha value is -4.93. The quantitative estimate of drug-likeness (QED) is 0.287. The highest BCUT2D eigenvalue weighted by Crippen LogP contribution is 2.33. The highest BCUT2D eigenvalue weighted by molar-refractivity contribution is 5.98. The number of carbonyl (C=O) groups excluding carboxylic acids is 2. The zero-order valence-electron chi connectivity index (χ0n) is 24.8. The standard InChI is InChI=1S/C30H28F6N8O3/c1-47-28-18(27(45)41-22-13-43(12-21(22)34)29(46)24-19(32)8-17(31)9-20(24)33)6-15(10-38-28)23-7-16(25-26(37)39-14-40-44(23)25)11-42-4-2-30(35,36)3-5-42/h6-10,14,21-22H,2-5,11-13H2,1H3,(H,41,45)(H2,37,39,40)/t21-,22+/m0/s1. The molecule has 0 aliphatic carbocycles. The fourth-order valence-corrected chi connectivity index (χ4v) is 5.88. The van der Waals surface area contributed by atoms with Crippen molar-refractivity contribution in [1.29, 1.82) is 0 Å². The van der Waals surface area contributed by atoms with Crippen LogP contribution in [0.5, 0.6) is 5.88 Å². The third kappa shape index (κ3) is 6.26. The Morgan fingerprint density at radius 2 is 1.77 bits per heavy atom. The normalized spacial score (nSPS) is 19.7. The Bertz CT molecular complexity index is 1840. The van der Waals surface area contributed by atoms with E-state index in [1.54, 1.807) is 6.07 Å². The van der Waals surface area contributed by atoms with Gasteiger partial charge in [0.25, 0.3) is 17.7 Å². The maximum Gasteiger partial charge on any atom is 0.260 e. The lowest BCUT2D eigenvalue weighted by Crippen LogP contribution is -2.42. The molecule has 3 aromatic heterocycles. The van der Waals surface area contributed by atoms with E-state index in [-0.39, 0.29) is 49.7 Å². The second kappa shape index (κ2) is 12.4. The van der Waals surface area contributed by atoms with E-state index in [1.807, 2.05) is 4.90 Å². The molecule has 0 radical (unpaired) electrons. The van der Waals surface area contributed by atoms with Gasteiger partial charge in [-0.3, -0.25) is 14.5 Å². The second-order valence-electron chi connectivity index (χ2n) is 11.4. The van der Waals surface area contributed by atoms with Crippen LogP contribution in [0.25, 0.3) is 16.8 Å². The molecule has 0 spiro atoms. The Morgan fingerprint density at radius 3 is 2.45 bits per heavy atom. The molecule has 6 rings (SSSR count). The van der Waals surface area contributed by atoms with E-state index in [0.717, 1.165) is 4.90 Å². The molecule has 0 unspecified atom stereocenters. The first-order valence-electron chi connectivity index (χ1n) is 14.5. The van der Waals surface area contributed by atoms with Crippen molar-refractivity contribution in [2.75, 3.05) is 39.0 Å². The number of nitrogens with zero attached hydrogens (tertiary/aromatic N) is 6. The third-order valence-electron chi connectivity index (χ3n) is 8.30. The number of piperidine rings is 1. The van der Waals surface area contributed by atoms with E-state index in [9.17, 15) is 31.5 Å². The first kappa shape index (κ1) is 32.0. The monoisotopic (exact) mass is 662 g/mol. The van der Waals surface area contributed by atoms with Crippen LogP contribution in [0.2, 0.25) is 0 Å². The van der Waals surface area contributed by atoms with Crippen molar-refractivity contribution in [2.45, 2.75) is 37.5 Å². The van der Waals surface area contributed by atoms with Crippen LogP contribution < -0.4 is 15.8 Å². The number of amides is 2. The van der Waals surface area contributed by atoms with Gasteiger partial charge in [-0.1, -0.05) is 0 Å². The molecule has 4 aromatic rings. The van der Waals surface area contributed by atoms with Gasteiger partial charge >= 0.3 is 0 Å². The molecule has 0 saturated carbocycles. The third-order valence-corrected chi connectivity index (χ3v) is 8.30. The van der Waals surface area contributed by atoms with E-state index in [4.69, 9.17) is 10.5 Å². The molecule has 2 atom stereocenters. The number of aromatic nitrogens is 4. The minimum absolute atomic E-state index is 0.102. The van der Waals surface area contributed by atoms with Gasteiger partial charge in [-0.2, -0.15) is 5.10 Å². The first-order chi connectivity index (χ1) is 22.3. The fraction of sp³-hybridized carbons (Fsp3) is 0.367. The topological polar surface area (TPSA) is 131 Å². The molecule has 3 N–H and O–H groups in total. The van der Waals surface area contributed by atoms with Crippen molar-refractivity contribution in [2.24, 2.45) is 0 Å². The van der Waals surface area contributed by atoms with Gasteiger partial charge in [0.15, 0.2) is 5.82 Å². The molecular formula is C30H28F6N8O3. The van der Waals surface area contributed by atoms with Gasteiger partial charge in [0.1, 0.15) is 46.6 Å². The maximum absolute atomic E-state index is 15.1. The average molecular weight is 663 g/mol. The number of nitrogens with one attached hydrogen (secondary N) is 1. The number of benzene rings is 1. The number of carbonyl (C=O) groups is 2. The molecular weight excluding hydrogens is 634 g/mol. The molecule has 2 fully saturated rings. The molecule has 0 bridgehead atoms. The van der Waals surface area contributed by atoms with Crippen molar-refractivity contribution >= 4 is 23.1 Å². The predicted molar refractivity (Wildman–Crippen MR) is 155 cm³/mol. The number of hydrogen-bond donors (Lipinski definition) is 2.